The standard InChI is InChI=1S/C15H21NO/c1-11-4-8-14(9-5-11)15(17)12(2)16(3)10-13-6-7-13/h4-5,8-9,12-13H,6-7,10H2,1-3H3. The Morgan fingerprint density at radius 1 is 1.35 bits per heavy atom. The zero-order valence-corrected chi connectivity index (χ0v) is 10.9. The Hall–Kier alpha value is -1.15. The van der Waals surface area contributed by atoms with Gasteiger partial charge < -0.3 is 0 Å². The zero-order valence-electron chi connectivity index (χ0n) is 10.9. The van der Waals surface area contributed by atoms with Gasteiger partial charge in [-0.2, -0.15) is 0 Å². The number of carbonyl (C=O) groups is 1. The lowest BCUT2D eigenvalue weighted by molar-refractivity contribution is 0.0864. The van der Waals surface area contributed by atoms with Gasteiger partial charge >= 0.3 is 0 Å². The van der Waals surface area contributed by atoms with Crippen LogP contribution in [0, 0.1) is 12.8 Å². The summed E-state index contributed by atoms with van der Waals surface area (Å²) in [6, 6.07) is 7.85. The number of hydrogen-bond acceptors (Lipinski definition) is 2. The lowest BCUT2D eigenvalue weighted by Crippen LogP contribution is -2.37. The number of benzene rings is 1. The van der Waals surface area contributed by atoms with Gasteiger partial charge in [-0.3, -0.25) is 9.69 Å². The summed E-state index contributed by atoms with van der Waals surface area (Å²) in [6.07, 6.45) is 2.66. The fourth-order valence-electron chi connectivity index (χ4n) is 2.03. The van der Waals surface area contributed by atoms with Crippen molar-refractivity contribution in [2.75, 3.05) is 13.6 Å². The number of Topliss-reactive ketones (excluding diaryl/α,β-unsaturated/α-hetero) is 1. The fourth-order valence-corrected chi connectivity index (χ4v) is 2.03. The van der Waals surface area contributed by atoms with Gasteiger partial charge in [-0.05, 0) is 39.7 Å². The largest absolute Gasteiger partial charge is 0.296 e. The maximum absolute atomic E-state index is 12.3. The van der Waals surface area contributed by atoms with E-state index in [1.165, 1.54) is 18.4 Å². The number of nitrogens with zero attached hydrogens (tertiary/aromatic N) is 1. The summed E-state index contributed by atoms with van der Waals surface area (Å²) in [5.41, 5.74) is 2.02. The first-order valence-corrected chi connectivity index (χ1v) is 6.39. The molecule has 1 aromatic rings. The molecule has 1 fully saturated rings. The number of hydrogen-bond donors (Lipinski definition) is 0. The molecule has 0 saturated heterocycles. The first-order chi connectivity index (χ1) is 8.08. The normalized spacial score (nSPS) is 17.2. The van der Waals surface area contributed by atoms with Crippen molar-refractivity contribution in [2.24, 2.45) is 5.92 Å². The van der Waals surface area contributed by atoms with Crippen molar-refractivity contribution in [1.29, 1.82) is 0 Å². The van der Waals surface area contributed by atoms with Crippen LogP contribution in [0.4, 0.5) is 0 Å². The Kier molecular flexibility index (Phi) is 3.63. The molecule has 2 nitrogen and oxygen atoms in total. The molecule has 1 aromatic carbocycles. The second kappa shape index (κ2) is 5.01. The van der Waals surface area contributed by atoms with Crippen molar-refractivity contribution in [3.63, 3.8) is 0 Å². The summed E-state index contributed by atoms with van der Waals surface area (Å²) in [5.74, 6) is 1.06. The van der Waals surface area contributed by atoms with Gasteiger partial charge in [0, 0.05) is 12.1 Å². The highest BCUT2D eigenvalue weighted by Gasteiger charge is 2.27. The third-order valence-corrected chi connectivity index (χ3v) is 3.62. The van der Waals surface area contributed by atoms with Crippen LogP contribution in [0.3, 0.4) is 0 Å². The van der Waals surface area contributed by atoms with Gasteiger partial charge in [0.05, 0.1) is 6.04 Å². The fraction of sp³-hybridized carbons (Fsp3) is 0.533. The monoisotopic (exact) mass is 231 g/mol. The molecule has 1 unspecified atom stereocenters. The van der Waals surface area contributed by atoms with E-state index < -0.39 is 0 Å². The van der Waals surface area contributed by atoms with Crippen LogP contribution in [0.25, 0.3) is 0 Å². The highest BCUT2D eigenvalue weighted by molar-refractivity contribution is 5.99. The molecule has 1 atom stereocenters. The molecule has 0 aliphatic heterocycles. The SMILES string of the molecule is Cc1ccc(C(=O)C(C)N(C)CC2CC2)cc1. The minimum atomic E-state index is -0.0155. The molecule has 2 rings (SSSR count). The second-order valence-corrected chi connectivity index (χ2v) is 5.29. The molecule has 1 aliphatic carbocycles. The van der Waals surface area contributed by atoms with Gasteiger partial charge in [0.25, 0.3) is 0 Å². The zero-order chi connectivity index (χ0) is 12.4. The average Bonchev–Trinajstić information content (AvgIpc) is 3.12. The van der Waals surface area contributed by atoms with Crippen molar-refractivity contribution in [3.05, 3.63) is 35.4 Å². The summed E-state index contributed by atoms with van der Waals surface area (Å²) in [6.45, 7) is 5.10. The van der Waals surface area contributed by atoms with Gasteiger partial charge in [0.2, 0.25) is 0 Å². The van der Waals surface area contributed by atoms with Crippen molar-refractivity contribution in [2.45, 2.75) is 32.7 Å². The Balaban J connectivity index is 1.99. The lowest BCUT2D eigenvalue weighted by atomic mass is 10.0. The van der Waals surface area contributed by atoms with Gasteiger partial charge in [0.1, 0.15) is 0 Å². The third kappa shape index (κ3) is 3.16. The van der Waals surface area contributed by atoms with Gasteiger partial charge in [-0.15, -0.1) is 0 Å². The van der Waals surface area contributed by atoms with E-state index in [2.05, 4.69) is 11.9 Å². The van der Waals surface area contributed by atoms with E-state index in [-0.39, 0.29) is 11.8 Å². The molecule has 92 valence electrons. The van der Waals surface area contributed by atoms with E-state index in [1.807, 2.05) is 38.1 Å². The van der Waals surface area contributed by atoms with Crippen LogP contribution in [-0.4, -0.2) is 30.3 Å². The van der Waals surface area contributed by atoms with E-state index in [0.29, 0.717) is 0 Å². The molecule has 0 amide bonds. The Morgan fingerprint density at radius 3 is 2.47 bits per heavy atom. The number of ketones is 1. The first kappa shape index (κ1) is 12.3. The van der Waals surface area contributed by atoms with Crippen molar-refractivity contribution < 1.29 is 4.79 Å². The lowest BCUT2D eigenvalue weighted by Gasteiger charge is -2.23. The Bertz CT molecular complexity index is 392. The summed E-state index contributed by atoms with van der Waals surface area (Å²) >= 11 is 0. The van der Waals surface area contributed by atoms with E-state index in [9.17, 15) is 4.79 Å². The van der Waals surface area contributed by atoms with E-state index in [4.69, 9.17) is 0 Å². The summed E-state index contributed by atoms with van der Waals surface area (Å²) in [5, 5.41) is 0. The van der Waals surface area contributed by atoms with Crippen LogP contribution in [0.1, 0.15) is 35.7 Å². The van der Waals surface area contributed by atoms with Crippen molar-refractivity contribution >= 4 is 5.78 Å². The summed E-state index contributed by atoms with van der Waals surface area (Å²) < 4.78 is 0. The maximum Gasteiger partial charge on any atom is 0.179 e. The number of aryl methyl sites for hydroxylation is 1. The number of carbonyl (C=O) groups excluding carboxylic acids is 1. The van der Waals surface area contributed by atoms with E-state index in [0.717, 1.165) is 18.0 Å². The maximum atomic E-state index is 12.3. The predicted octanol–water partition coefficient (Wildman–Crippen LogP) is 2.91. The highest BCUT2D eigenvalue weighted by atomic mass is 16.1. The van der Waals surface area contributed by atoms with Crippen molar-refractivity contribution in [1.82, 2.24) is 4.90 Å². The second-order valence-electron chi connectivity index (χ2n) is 5.29. The topological polar surface area (TPSA) is 20.3 Å². The molecule has 0 aromatic heterocycles. The first-order valence-electron chi connectivity index (χ1n) is 6.39. The molecule has 17 heavy (non-hydrogen) atoms. The molecule has 1 aliphatic rings. The van der Waals surface area contributed by atoms with Gasteiger partial charge in [-0.25, -0.2) is 0 Å². The predicted molar refractivity (Wildman–Crippen MR) is 70.3 cm³/mol. The Labute approximate surface area is 104 Å². The highest BCUT2D eigenvalue weighted by Crippen LogP contribution is 2.30. The number of rotatable bonds is 5. The quantitative estimate of drug-likeness (QED) is 0.726. The molecule has 0 heterocycles. The minimum absolute atomic E-state index is 0.0155. The van der Waals surface area contributed by atoms with Crippen molar-refractivity contribution in [3.8, 4) is 0 Å². The van der Waals surface area contributed by atoms with Crippen LogP contribution in [0.5, 0.6) is 0 Å². The number of likely N-dealkylation sites (N-methyl/N-ethyl adjacent to an activating group) is 1. The molecular formula is C15H21NO. The molecule has 0 radical (unpaired) electrons. The van der Waals surface area contributed by atoms with Gasteiger partial charge in [-0.1, -0.05) is 29.8 Å². The van der Waals surface area contributed by atoms with Crippen LogP contribution in [0.2, 0.25) is 0 Å². The molecule has 0 bridgehead atoms. The average molecular weight is 231 g/mol. The van der Waals surface area contributed by atoms with E-state index in [1.54, 1.807) is 0 Å². The van der Waals surface area contributed by atoms with Crippen LogP contribution >= 0.6 is 0 Å². The molecule has 1 saturated carbocycles. The van der Waals surface area contributed by atoms with Crippen LogP contribution in [0.15, 0.2) is 24.3 Å². The molecular weight excluding hydrogens is 210 g/mol. The summed E-state index contributed by atoms with van der Waals surface area (Å²) in [4.78, 5) is 14.4. The smallest absolute Gasteiger partial charge is 0.179 e. The minimum Gasteiger partial charge on any atom is -0.296 e. The van der Waals surface area contributed by atoms with Crippen LogP contribution < -0.4 is 0 Å². The molecule has 0 N–H and O–H groups in total. The van der Waals surface area contributed by atoms with Crippen LogP contribution in [-0.2, 0) is 0 Å². The Morgan fingerprint density at radius 2 is 1.94 bits per heavy atom. The molecule has 2 heteroatoms. The third-order valence-electron chi connectivity index (χ3n) is 3.62. The molecule has 0 spiro atoms. The van der Waals surface area contributed by atoms with Gasteiger partial charge in [0.15, 0.2) is 5.78 Å². The summed E-state index contributed by atoms with van der Waals surface area (Å²) in [7, 11) is 2.05. The van der Waals surface area contributed by atoms with E-state index >= 15 is 0 Å².